The van der Waals surface area contributed by atoms with Gasteiger partial charge in [-0.2, -0.15) is 0 Å². The predicted molar refractivity (Wildman–Crippen MR) is 82.8 cm³/mol. The first kappa shape index (κ1) is 13.5. The molecular formula is C18H17NO4. The highest BCUT2D eigenvalue weighted by atomic mass is 16.7. The van der Waals surface area contributed by atoms with Crippen LogP contribution in [0.2, 0.25) is 0 Å². The molecule has 2 bridgehead atoms. The monoisotopic (exact) mass is 311 g/mol. The van der Waals surface area contributed by atoms with Crippen LogP contribution in [0.4, 0.5) is 5.69 Å². The van der Waals surface area contributed by atoms with Crippen LogP contribution in [-0.2, 0) is 19.1 Å². The van der Waals surface area contributed by atoms with Gasteiger partial charge >= 0.3 is 0 Å². The summed E-state index contributed by atoms with van der Waals surface area (Å²) < 4.78 is 11.2. The quantitative estimate of drug-likeness (QED) is 0.785. The molecule has 0 unspecified atom stereocenters. The zero-order chi connectivity index (χ0) is 15.7. The summed E-state index contributed by atoms with van der Waals surface area (Å²) >= 11 is 0. The zero-order valence-electron chi connectivity index (χ0n) is 12.7. The van der Waals surface area contributed by atoms with E-state index in [9.17, 15) is 9.59 Å². The predicted octanol–water partition coefficient (Wildman–Crippen LogP) is 1.42. The van der Waals surface area contributed by atoms with Gasteiger partial charge in [0, 0.05) is 11.6 Å². The van der Waals surface area contributed by atoms with E-state index >= 15 is 0 Å². The molecule has 4 aliphatic heterocycles. The molecule has 0 radical (unpaired) electrons. The number of rotatable bonds is 1. The summed E-state index contributed by atoms with van der Waals surface area (Å²) in [5.41, 5.74) is 2.11. The molecule has 3 fully saturated rings. The lowest BCUT2D eigenvalue weighted by Gasteiger charge is -2.35. The molecule has 23 heavy (non-hydrogen) atoms. The van der Waals surface area contributed by atoms with Crippen molar-refractivity contribution in [2.75, 3.05) is 11.5 Å². The highest BCUT2D eigenvalue weighted by molar-refractivity contribution is 5.95. The molecule has 0 aromatic heterocycles. The standard InChI is InChI=1S/C18H17NO4/c1-9(20)16-15-13-8-22-18(23-13)17(21)14(15)12-7-6-10-4-2-3-5-11(10)19(12)16/h2-7,12-16,18H,8H2,1H3/t12-,13-,14-,15+,16-,18+/m1/s1. The lowest BCUT2D eigenvalue weighted by atomic mass is 9.78. The third kappa shape index (κ3) is 1.64. The first-order valence-corrected chi connectivity index (χ1v) is 8.03. The maximum Gasteiger partial charge on any atom is 0.218 e. The van der Waals surface area contributed by atoms with Crippen molar-refractivity contribution in [2.24, 2.45) is 11.8 Å². The molecular weight excluding hydrogens is 294 g/mol. The van der Waals surface area contributed by atoms with E-state index in [0.717, 1.165) is 11.3 Å². The van der Waals surface area contributed by atoms with Crippen LogP contribution in [0.15, 0.2) is 30.3 Å². The van der Waals surface area contributed by atoms with Crippen LogP contribution in [0.25, 0.3) is 6.08 Å². The Balaban J connectivity index is 1.69. The summed E-state index contributed by atoms with van der Waals surface area (Å²) in [5.74, 6) is -0.319. The Morgan fingerprint density at radius 3 is 2.96 bits per heavy atom. The molecule has 118 valence electrons. The van der Waals surface area contributed by atoms with E-state index in [4.69, 9.17) is 9.47 Å². The van der Waals surface area contributed by atoms with E-state index < -0.39 is 6.29 Å². The summed E-state index contributed by atoms with van der Waals surface area (Å²) in [6.45, 7) is 2.00. The van der Waals surface area contributed by atoms with E-state index in [1.807, 2.05) is 24.3 Å². The summed E-state index contributed by atoms with van der Waals surface area (Å²) in [5, 5.41) is 0. The molecule has 0 saturated carbocycles. The van der Waals surface area contributed by atoms with Crippen molar-refractivity contribution in [3.63, 3.8) is 0 Å². The number of carbonyl (C=O) groups is 2. The smallest absolute Gasteiger partial charge is 0.218 e. The van der Waals surface area contributed by atoms with E-state index in [0.29, 0.717) is 6.61 Å². The Labute approximate surface area is 133 Å². The van der Waals surface area contributed by atoms with Gasteiger partial charge in [-0.15, -0.1) is 0 Å². The van der Waals surface area contributed by atoms with Gasteiger partial charge in [0.25, 0.3) is 0 Å². The fraction of sp³-hybridized carbons (Fsp3) is 0.444. The van der Waals surface area contributed by atoms with E-state index in [-0.39, 0.29) is 41.6 Å². The second-order valence-electron chi connectivity index (χ2n) is 6.72. The highest BCUT2D eigenvalue weighted by Gasteiger charge is 2.62. The van der Waals surface area contributed by atoms with Crippen molar-refractivity contribution >= 4 is 23.3 Å². The fourth-order valence-electron chi connectivity index (χ4n) is 4.74. The van der Waals surface area contributed by atoms with Crippen LogP contribution >= 0.6 is 0 Å². The topological polar surface area (TPSA) is 55.8 Å². The summed E-state index contributed by atoms with van der Waals surface area (Å²) in [7, 11) is 0. The minimum Gasteiger partial charge on any atom is -0.353 e. The van der Waals surface area contributed by atoms with E-state index in [2.05, 4.69) is 17.1 Å². The van der Waals surface area contributed by atoms with Crippen LogP contribution in [0.5, 0.6) is 0 Å². The Hall–Kier alpha value is -1.98. The van der Waals surface area contributed by atoms with E-state index in [1.54, 1.807) is 6.92 Å². The minimum atomic E-state index is -0.751. The molecule has 0 spiro atoms. The van der Waals surface area contributed by atoms with Gasteiger partial charge in [-0.05, 0) is 18.6 Å². The molecule has 5 rings (SSSR count). The lowest BCUT2D eigenvalue weighted by Crippen LogP contribution is -2.48. The molecule has 1 aromatic carbocycles. The zero-order valence-corrected chi connectivity index (χ0v) is 12.7. The molecule has 5 heteroatoms. The number of para-hydroxylation sites is 1. The third-order valence-corrected chi connectivity index (χ3v) is 5.57. The number of hydrogen-bond acceptors (Lipinski definition) is 5. The Kier molecular flexibility index (Phi) is 2.65. The van der Waals surface area contributed by atoms with Crippen LogP contribution in [0, 0.1) is 11.8 Å². The van der Waals surface area contributed by atoms with Gasteiger partial charge in [-0.1, -0.05) is 30.4 Å². The Morgan fingerprint density at radius 1 is 1.30 bits per heavy atom. The second kappa shape index (κ2) is 4.52. The van der Waals surface area contributed by atoms with Crippen LogP contribution in [0.1, 0.15) is 12.5 Å². The second-order valence-corrected chi connectivity index (χ2v) is 6.72. The van der Waals surface area contributed by atoms with Gasteiger partial charge in [0.1, 0.15) is 0 Å². The van der Waals surface area contributed by atoms with Gasteiger partial charge in [0.2, 0.25) is 6.29 Å². The summed E-state index contributed by atoms with van der Waals surface area (Å²) in [4.78, 5) is 27.4. The Bertz CT molecular complexity index is 742. The largest absolute Gasteiger partial charge is 0.353 e. The molecule has 4 aliphatic rings. The van der Waals surface area contributed by atoms with Crippen molar-refractivity contribution in [1.82, 2.24) is 0 Å². The molecule has 0 aliphatic carbocycles. The molecule has 5 nitrogen and oxygen atoms in total. The number of Topliss-reactive ketones (excluding diaryl/α,β-unsaturated/α-hetero) is 2. The normalized spacial score (nSPS) is 39.9. The van der Waals surface area contributed by atoms with Gasteiger partial charge in [0.05, 0.1) is 30.7 Å². The molecule has 1 aromatic rings. The number of fused-ring (bicyclic) bond motifs is 8. The number of benzene rings is 1. The van der Waals surface area contributed by atoms with Crippen LogP contribution in [-0.4, -0.2) is 42.7 Å². The molecule has 0 amide bonds. The number of ketones is 2. The van der Waals surface area contributed by atoms with Crippen molar-refractivity contribution in [3.05, 3.63) is 35.9 Å². The molecule has 4 heterocycles. The average molecular weight is 311 g/mol. The number of nitrogens with zero attached hydrogens (tertiary/aromatic N) is 1. The summed E-state index contributed by atoms with van der Waals surface area (Å²) in [6, 6.07) is 7.59. The number of hydrogen-bond donors (Lipinski definition) is 0. The van der Waals surface area contributed by atoms with Crippen LogP contribution in [0.3, 0.4) is 0 Å². The molecule has 6 atom stereocenters. The Morgan fingerprint density at radius 2 is 2.13 bits per heavy atom. The maximum absolute atomic E-state index is 12.8. The third-order valence-electron chi connectivity index (χ3n) is 5.57. The van der Waals surface area contributed by atoms with Crippen molar-refractivity contribution < 1.29 is 19.1 Å². The highest BCUT2D eigenvalue weighted by Crippen LogP contribution is 2.50. The molecule has 0 N–H and O–H groups in total. The van der Waals surface area contributed by atoms with Gasteiger partial charge in [-0.3, -0.25) is 9.59 Å². The average Bonchev–Trinajstić information content (AvgIpc) is 3.13. The SMILES string of the molecule is CC(=O)[C@@H]1[C@@H]2[C@H](C(=O)[C@H]3OC[C@H]2O3)[C@H]2C=Cc3ccccc3N21. The van der Waals surface area contributed by atoms with Gasteiger partial charge < -0.3 is 14.4 Å². The lowest BCUT2D eigenvalue weighted by molar-refractivity contribution is -0.164. The molecule has 3 saturated heterocycles. The minimum absolute atomic E-state index is 0.0217. The first-order chi connectivity index (χ1) is 11.2. The van der Waals surface area contributed by atoms with E-state index in [1.165, 1.54) is 0 Å². The first-order valence-electron chi connectivity index (χ1n) is 8.03. The van der Waals surface area contributed by atoms with Crippen molar-refractivity contribution in [3.8, 4) is 0 Å². The van der Waals surface area contributed by atoms with Crippen molar-refractivity contribution in [2.45, 2.75) is 31.4 Å². The maximum atomic E-state index is 12.8. The van der Waals surface area contributed by atoms with Crippen LogP contribution < -0.4 is 4.90 Å². The van der Waals surface area contributed by atoms with Crippen molar-refractivity contribution in [1.29, 1.82) is 0 Å². The summed E-state index contributed by atoms with van der Waals surface area (Å²) in [6.07, 6.45) is 3.19. The fourth-order valence-corrected chi connectivity index (χ4v) is 4.74. The van der Waals surface area contributed by atoms with Gasteiger partial charge in [0.15, 0.2) is 11.6 Å². The number of anilines is 1. The van der Waals surface area contributed by atoms with Gasteiger partial charge in [-0.25, -0.2) is 0 Å². The number of ether oxygens (including phenoxy) is 2. The number of carbonyl (C=O) groups excluding carboxylic acids is 2.